The first-order valence-corrected chi connectivity index (χ1v) is 7.04. The van der Waals surface area contributed by atoms with Crippen molar-refractivity contribution >= 4 is 0 Å². The molecule has 0 amide bonds. The van der Waals surface area contributed by atoms with E-state index in [0.717, 1.165) is 31.7 Å². The molecule has 1 aliphatic rings. The standard InChI is InChI=1S/C16H19N3O/c1-17-11-16-14-5-2-4-13(12(14)6-3-9-20-16)15-10-18-7-8-19-15/h2,4-5,7-8,10,16-17H,3,6,9,11H2,1H3/t16-/m0/s1. The van der Waals surface area contributed by atoms with Crippen molar-refractivity contribution < 1.29 is 4.74 Å². The van der Waals surface area contributed by atoms with E-state index in [-0.39, 0.29) is 6.10 Å². The van der Waals surface area contributed by atoms with E-state index in [2.05, 4.69) is 33.5 Å². The number of hydrogen-bond acceptors (Lipinski definition) is 4. The van der Waals surface area contributed by atoms with Gasteiger partial charge in [-0.25, -0.2) is 0 Å². The van der Waals surface area contributed by atoms with Crippen molar-refractivity contribution in [2.45, 2.75) is 18.9 Å². The van der Waals surface area contributed by atoms with Crippen molar-refractivity contribution in [1.82, 2.24) is 15.3 Å². The molecule has 1 aromatic carbocycles. The van der Waals surface area contributed by atoms with Crippen LogP contribution in [0.1, 0.15) is 23.7 Å². The minimum absolute atomic E-state index is 0.120. The molecule has 0 saturated heterocycles. The molecule has 20 heavy (non-hydrogen) atoms. The van der Waals surface area contributed by atoms with Gasteiger partial charge in [0.05, 0.1) is 18.0 Å². The van der Waals surface area contributed by atoms with E-state index in [1.165, 1.54) is 16.7 Å². The van der Waals surface area contributed by atoms with Gasteiger partial charge in [0.1, 0.15) is 0 Å². The fourth-order valence-electron chi connectivity index (χ4n) is 2.78. The monoisotopic (exact) mass is 269 g/mol. The predicted molar refractivity (Wildman–Crippen MR) is 78.4 cm³/mol. The number of likely N-dealkylation sites (N-methyl/N-ethyl adjacent to an activating group) is 1. The van der Waals surface area contributed by atoms with Crippen LogP contribution >= 0.6 is 0 Å². The normalized spacial score (nSPS) is 18.4. The lowest BCUT2D eigenvalue weighted by Crippen LogP contribution is -2.20. The number of benzene rings is 1. The van der Waals surface area contributed by atoms with Crippen molar-refractivity contribution in [3.05, 3.63) is 47.9 Å². The quantitative estimate of drug-likeness (QED) is 0.929. The molecule has 1 aliphatic heterocycles. The van der Waals surface area contributed by atoms with Crippen LogP contribution in [0.25, 0.3) is 11.3 Å². The molecule has 0 fully saturated rings. The summed E-state index contributed by atoms with van der Waals surface area (Å²) >= 11 is 0. The second-order valence-corrected chi connectivity index (χ2v) is 4.98. The summed E-state index contributed by atoms with van der Waals surface area (Å²) in [5.41, 5.74) is 4.75. The summed E-state index contributed by atoms with van der Waals surface area (Å²) in [6.07, 6.45) is 7.47. The Hall–Kier alpha value is -1.78. The number of hydrogen-bond donors (Lipinski definition) is 1. The number of ether oxygens (including phenoxy) is 1. The van der Waals surface area contributed by atoms with E-state index in [9.17, 15) is 0 Å². The fourth-order valence-corrected chi connectivity index (χ4v) is 2.78. The van der Waals surface area contributed by atoms with Gasteiger partial charge in [-0.2, -0.15) is 0 Å². The molecule has 0 unspecified atom stereocenters. The maximum absolute atomic E-state index is 5.96. The van der Waals surface area contributed by atoms with Gasteiger partial charge in [0.2, 0.25) is 0 Å². The summed E-state index contributed by atoms with van der Waals surface area (Å²) in [4.78, 5) is 8.62. The van der Waals surface area contributed by atoms with E-state index >= 15 is 0 Å². The Labute approximate surface area is 119 Å². The number of fused-ring (bicyclic) bond motifs is 1. The zero-order valence-corrected chi connectivity index (χ0v) is 11.7. The zero-order chi connectivity index (χ0) is 13.8. The van der Waals surface area contributed by atoms with E-state index in [0.29, 0.717) is 0 Å². The van der Waals surface area contributed by atoms with Crippen molar-refractivity contribution in [3.63, 3.8) is 0 Å². The molecule has 1 aromatic heterocycles. The van der Waals surface area contributed by atoms with Gasteiger partial charge in [0.25, 0.3) is 0 Å². The molecule has 1 atom stereocenters. The van der Waals surface area contributed by atoms with Gasteiger partial charge in [-0.05, 0) is 31.0 Å². The van der Waals surface area contributed by atoms with Crippen LogP contribution in [0.4, 0.5) is 0 Å². The molecule has 2 aromatic rings. The molecule has 4 heteroatoms. The maximum atomic E-state index is 5.96. The number of nitrogens with zero attached hydrogens (tertiary/aromatic N) is 2. The summed E-state index contributed by atoms with van der Waals surface area (Å²) in [5, 5.41) is 3.21. The molecule has 0 spiro atoms. The fraction of sp³-hybridized carbons (Fsp3) is 0.375. The smallest absolute Gasteiger partial charge is 0.0951 e. The van der Waals surface area contributed by atoms with Crippen molar-refractivity contribution in [3.8, 4) is 11.3 Å². The van der Waals surface area contributed by atoms with Gasteiger partial charge in [0.15, 0.2) is 0 Å². The first kappa shape index (κ1) is 13.2. The number of nitrogens with one attached hydrogen (secondary N) is 1. The van der Waals surface area contributed by atoms with Crippen LogP contribution in [-0.4, -0.2) is 30.2 Å². The van der Waals surface area contributed by atoms with Crippen LogP contribution in [0, 0.1) is 0 Å². The Kier molecular flexibility index (Phi) is 4.04. The van der Waals surface area contributed by atoms with Gasteiger partial charge in [-0.1, -0.05) is 18.2 Å². The van der Waals surface area contributed by atoms with Gasteiger partial charge in [0, 0.05) is 31.1 Å². The highest BCUT2D eigenvalue weighted by Gasteiger charge is 2.21. The average molecular weight is 269 g/mol. The van der Waals surface area contributed by atoms with E-state index in [1.54, 1.807) is 12.4 Å². The van der Waals surface area contributed by atoms with Gasteiger partial charge in [-0.15, -0.1) is 0 Å². The van der Waals surface area contributed by atoms with Crippen molar-refractivity contribution in [2.75, 3.05) is 20.2 Å². The maximum Gasteiger partial charge on any atom is 0.0951 e. The molecule has 3 rings (SSSR count). The minimum Gasteiger partial charge on any atom is -0.372 e. The first-order chi connectivity index (χ1) is 9.90. The zero-order valence-electron chi connectivity index (χ0n) is 11.7. The molecular formula is C16H19N3O. The molecule has 0 bridgehead atoms. The number of aromatic nitrogens is 2. The van der Waals surface area contributed by atoms with Crippen molar-refractivity contribution in [1.29, 1.82) is 0 Å². The van der Waals surface area contributed by atoms with Crippen LogP contribution in [0.15, 0.2) is 36.8 Å². The van der Waals surface area contributed by atoms with Gasteiger partial charge >= 0.3 is 0 Å². The molecule has 0 radical (unpaired) electrons. The highest BCUT2D eigenvalue weighted by molar-refractivity contribution is 5.65. The summed E-state index contributed by atoms with van der Waals surface area (Å²) < 4.78 is 5.96. The summed E-state index contributed by atoms with van der Waals surface area (Å²) in [6, 6.07) is 6.38. The highest BCUT2D eigenvalue weighted by atomic mass is 16.5. The summed E-state index contributed by atoms with van der Waals surface area (Å²) in [6.45, 7) is 1.64. The Balaban J connectivity index is 2.08. The lowest BCUT2D eigenvalue weighted by Gasteiger charge is -2.19. The van der Waals surface area contributed by atoms with Crippen molar-refractivity contribution in [2.24, 2.45) is 0 Å². The Morgan fingerprint density at radius 1 is 1.35 bits per heavy atom. The third kappa shape index (κ3) is 2.57. The second kappa shape index (κ2) is 6.11. The molecular weight excluding hydrogens is 250 g/mol. The molecule has 0 aliphatic carbocycles. The predicted octanol–water partition coefficient (Wildman–Crippen LogP) is 2.37. The van der Waals surface area contributed by atoms with E-state index in [4.69, 9.17) is 4.74 Å². The Bertz CT molecular complexity index is 571. The molecule has 2 heterocycles. The van der Waals surface area contributed by atoms with Crippen LogP contribution in [0.2, 0.25) is 0 Å². The largest absolute Gasteiger partial charge is 0.372 e. The van der Waals surface area contributed by atoms with Crippen LogP contribution in [0.3, 0.4) is 0 Å². The topological polar surface area (TPSA) is 47.0 Å². The SMILES string of the molecule is CNC[C@@H]1OCCCc2c(-c3cnccn3)cccc21. The number of rotatable bonds is 3. The minimum atomic E-state index is 0.120. The molecule has 4 nitrogen and oxygen atoms in total. The van der Waals surface area contributed by atoms with Gasteiger partial charge < -0.3 is 10.1 Å². The van der Waals surface area contributed by atoms with Crippen LogP contribution in [0.5, 0.6) is 0 Å². The average Bonchev–Trinajstić information content (AvgIpc) is 2.71. The van der Waals surface area contributed by atoms with E-state index in [1.807, 2.05) is 13.2 Å². The van der Waals surface area contributed by atoms with Crippen LogP contribution < -0.4 is 5.32 Å². The third-order valence-corrected chi connectivity index (χ3v) is 3.68. The Morgan fingerprint density at radius 3 is 3.10 bits per heavy atom. The second-order valence-electron chi connectivity index (χ2n) is 4.98. The summed E-state index contributed by atoms with van der Waals surface area (Å²) in [5.74, 6) is 0. The van der Waals surface area contributed by atoms with E-state index < -0.39 is 0 Å². The lowest BCUT2D eigenvalue weighted by molar-refractivity contribution is 0.0579. The van der Waals surface area contributed by atoms with Gasteiger partial charge in [-0.3, -0.25) is 9.97 Å². The lowest BCUT2D eigenvalue weighted by atomic mass is 9.93. The third-order valence-electron chi connectivity index (χ3n) is 3.68. The Morgan fingerprint density at radius 2 is 2.30 bits per heavy atom. The molecule has 1 N–H and O–H groups in total. The summed E-state index contributed by atoms with van der Waals surface area (Å²) in [7, 11) is 1.96. The first-order valence-electron chi connectivity index (χ1n) is 7.04. The molecule has 104 valence electrons. The molecule has 0 saturated carbocycles. The van der Waals surface area contributed by atoms with Crippen LogP contribution in [-0.2, 0) is 11.2 Å². The highest BCUT2D eigenvalue weighted by Crippen LogP contribution is 2.32.